The zero-order valence-corrected chi connectivity index (χ0v) is 10.1. The molecule has 0 aliphatic heterocycles. The van der Waals surface area contributed by atoms with Crippen LogP contribution in [0.4, 0.5) is 0 Å². The highest BCUT2D eigenvalue weighted by Gasteiger charge is 2.29. The topological polar surface area (TPSA) is 20.2 Å². The van der Waals surface area contributed by atoms with Crippen LogP contribution in [0.25, 0.3) is 0 Å². The summed E-state index contributed by atoms with van der Waals surface area (Å²) in [5.41, 5.74) is 0. The average molecular weight is 210 g/mol. The summed E-state index contributed by atoms with van der Waals surface area (Å²) in [6.45, 7) is 2.34. The quantitative estimate of drug-likeness (QED) is 0.736. The van der Waals surface area contributed by atoms with Gasteiger partial charge in [-0.05, 0) is 56.3 Å². The Labute approximate surface area is 94.3 Å². The summed E-state index contributed by atoms with van der Waals surface area (Å²) in [4.78, 5) is 0. The molecule has 0 unspecified atom stereocenters. The van der Waals surface area contributed by atoms with Gasteiger partial charge in [0.1, 0.15) is 0 Å². The molecular weight excluding hydrogens is 184 g/mol. The molecule has 0 heterocycles. The second-order valence-electron chi connectivity index (χ2n) is 5.76. The molecule has 2 aliphatic rings. The predicted molar refractivity (Wildman–Crippen MR) is 63.7 cm³/mol. The Balaban J connectivity index is 1.75. The van der Waals surface area contributed by atoms with Gasteiger partial charge in [0.05, 0.1) is 6.10 Å². The molecule has 0 aromatic carbocycles. The van der Waals surface area contributed by atoms with E-state index in [2.05, 4.69) is 6.92 Å². The summed E-state index contributed by atoms with van der Waals surface area (Å²) in [5, 5.41) is 9.51. The minimum Gasteiger partial charge on any atom is -0.393 e. The molecule has 0 amide bonds. The number of rotatable bonds is 2. The predicted octanol–water partition coefficient (Wildman–Crippen LogP) is 3.75. The zero-order chi connectivity index (χ0) is 10.7. The van der Waals surface area contributed by atoms with E-state index in [1.807, 2.05) is 0 Å². The van der Waals surface area contributed by atoms with E-state index < -0.39 is 0 Å². The van der Waals surface area contributed by atoms with Crippen molar-refractivity contribution in [1.29, 1.82) is 0 Å². The van der Waals surface area contributed by atoms with Crippen molar-refractivity contribution in [3.63, 3.8) is 0 Å². The van der Waals surface area contributed by atoms with Crippen LogP contribution in [0.5, 0.6) is 0 Å². The highest BCUT2D eigenvalue weighted by molar-refractivity contribution is 4.81. The Morgan fingerprint density at radius 1 is 0.800 bits per heavy atom. The van der Waals surface area contributed by atoms with Crippen LogP contribution in [-0.2, 0) is 0 Å². The molecule has 0 saturated heterocycles. The van der Waals surface area contributed by atoms with E-state index in [0.29, 0.717) is 0 Å². The first-order valence-electron chi connectivity index (χ1n) is 6.97. The van der Waals surface area contributed by atoms with E-state index >= 15 is 0 Å². The first kappa shape index (κ1) is 11.4. The maximum atomic E-state index is 9.51. The minimum atomic E-state index is 0.0215. The van der Waals surface area contributed by atoms with Gasteiger partial charge in [0.15, 0.2) is 0 Å². The fourth-order valence-corrected chi connectivity index (χ4v) is 3.64. The van der Waals surface area contributed by atoms with Crippen molar-refractivity contribution in [2.75, 3.05) is 0 Å². The molecule has 1 nitrogen and oxygen atoms in total. The third-order valence-electron chi connectivity index (χ3n) is 4.88. The molecule has 0 radical (unpaired) electrons. The Hall–Kier alpha value is -0.0400. The van der Waals surface area contributed by atoms with Crippen molar-refractivity contribution in [1.82, 2.24) is 0 Å². The lowest BCUT2D eigenvalue weighted by Gasteiger charge is -2.36. The smallest absolute Gasteiger partial charge is 0.0540 e. The number of hydrogen-bond donors (Lipinski definition) is 1. The van der Waals surface area contributed by atoms with E-state index in [-0.39, 0.29) is 6.10 Å². The van der Waals surface area contributed by atoms with Gasteiger partial charge < -0.3 is 5.11 Å². The van der Waals surface area contributed by atoms with Crippen molar-refractivity contribution < 1.29 is 5.11 Å². The molecule has 2 aliphatic carbocycles. The number of aliphatic hydroxyl groups excluding tert-OH is 1. The molecule has 0 spiro atoms. The minimum absolute atomic E-state index is 0.0215. The molecule has 88 valence electrons. The van der Waals surface area contributed by atoms with Gasteiger partial charge in [-0.25, -0.2) is 0 Å². The fourth-order valence-electron chi connectivity index (χ4n) is 3.64. The molecule has 2 saturated carbocycles. The Kier molecular flexibility index (Phi) is 4.07. The van der Waals surface area contributed by atoms with Gasteiger partial charge in [0.2, 0.25) is 0 Å². The lowest BCUT2D eigenvalue weighted by Crippen LogP contribution is -2.27. The van der Waals surface area contributed by atoms with Crippen molar-refractivity contribution in [3.8, 4) is 0 Å². The summed E-state index contributed by atoms with van der Waals surface area (Å²) in [5.74, 6) is 2.97. The number of hydrogen-bond acceptors (Lipinski definition) is 1. The van der Waals surface area contributed by atoms with Gasteiger partial charge in [0.25, 0.3) is 0 Å². The second kappa shape index (κ2) is 5.34. The van der Waals surface area contributed by atoms with E-state index in [4.69, 9.17) is 0 Å². The van der Waals surface area contributed by atoms with Crippen molar-refractivity contribution in [2.45, 2.75) is 70.8 Å². The van der Waals surface area contributed by atoms with Gasteiger partial charge in [0, 0.05) is 0 Å². The summed E-state index contributed by atoms with van der Waals surface area (Å²) in [7, 11) is 0. The van der Waals surface area contributed by atoms with Crippen LogP contribution in [0, 0.1) is 17.8 Å². The van der Waals surface area contributed by atoms with Crippen LogP contribution in [0.1, 0.15) is 64.7 Å². The van der Waals surface area contributed by atoms with Gasteiger partial charge in [-0.1, -0.05) is 26.2 Å². The van der Waals surface area contributed by atoms with Crippen molar-refractivity contribution in [2.24, 2.45) is 17.8 Å². The average Bonchev–Trinajstić information content (AvgIpc) is 2.30. The van der Waals surface area contributed by atoms with Crippen LogP contribution >= 0.6 is 0 Å². The first-order valence-corrected chi connectivity index (χ1v) is 6.97. The molecule has 2 fully saturated rings. The maximum absolute atomic E-state index is 9.51. The fraction of sp³-hybridized carbons (Fsp3) is 1.00. The summed E-state index contributed by atoms with van der Waals surface area (Å²) in [6.07, 6.45) is 12.0. The van der Waals surface area contributed by atoms with Gasteiger partial charge in [-0.15, -0.1) is 0 Å². The zero-order valence-electron chi connectivity index (χ0n) is 10.1. The largest absolute Gasteiger partial charge is 0.393 e. The van der Waals surface area contributed by atoms with Gasteiger partial charge in [-0.3, -0.25) is 0 Å². The molecule has 2 rings (SSSR count). The van der Waals surface area contributed by atoms with E-state index in [1.165, 1.54) is 44.9 Å². The third kappa shape index (κ3) is 2.96. The molecule has 0 atom stereocenters. The molecule has 1 heteroatoms. The van der Waals surface area contributed by atoms with E-state index in [9.17, 15) is 5.11 Å². The van der Waals surface area contributed by atoms with Crippen LogP contribution in [0.3, 0.4) is 0 Å². The third-order valence-corrected chi connectivity index (χ3v) is 4.88. The lowest BCUT2D eigenvalue weighted by atomic mass is 9.70. The monoisotopic (exact) mass is 210 g/mol. The van der Waals surface area contributed by atoms with Crippen LogP contribution in [0.15, 0.2) is 0 Å². The van der Waals surface area contributed by atoms with Crippen LogP contribution in [0.2, 0.25) is 0 Å². The SMILES string of the molecule is CCC1CCC([C@H]2CC[C@H](O)CC2)CC1. The Morgan fingerprint density at radius 2 is 1.27 bits per heavy atom. The van der Waals surface area contributed by atoms with E-state index in [1.54, 1.807) is 0 Å². The Bertz CT molecular complexity index is 174. The normalized spacial score (nSPS) is 42.8. The van der Waals surface area contributed by atoms with Crippen molar-refractivity contribution in [3.05, 3.63) is 0 Å². The molecule has 0 bridgehead atoms. The Morgan fingerprint density at radius 3 is 1.73 bits per heavy atom. The molecule has 15 heavy (non-hydrogen) atoms. The van der Waals surface area contributed by atoms with Crippen molar-refractivity contribution >= 4 is 0 Å². The molecule has 0 aromatic rings. The molecular formula is C14H26O. The highest BCUT2D eigenvalue weighted by atomic mass is 16.3. The standard InChI is InChI=1S/C14H26O/c1-2-11-3-5-12(6-4-11)13-7-9-14(15)10-8-13/h11-15H,2-10H2,1H3/t11?,12?,13-,14-. The summed E-state index contributed by atoms with van der Waals surface area (Å²) >= 11 is 0. The number of aliphatic hydroxyl groups is 1. The molecule has 1 N–H and O–H groups in total. The molecule has 0 aromatic heterocycles. The van der Waals surface area contributed by atoms with Gasteiger partial charge >= 0.3 is 0 Å². The highest BCUT2D eigenvalue weighted by Crippen LogP contribution is 2.40. The second-order valence-corrected chi connectivity index (χ2v) is 5.76. The maximum Gasteiger partial charge on any atom is 0.0540 e. The van der Waals surface area contributed by atoms with E-state index in [0.717, 1.165) is 30.6 Å². The lowest BCUT2D eigenvalue weighted by molar-refractivity contribution is 0.0768. The summed E-state index contributed by atoms with van der Waals surface area (Å²) in [6, 6.07) is 0. The summed E-state index contributed by atoms with van der Waals surface area (Å²) < 4.78 is 0. The van der Waals surface area contributed by atoms with Crippen LogP contribution in [-0.4, -0.2) is 11.2 Å². The van der Waals surface area contributed by atoms with Crippen LogP contribution < -0.4 is 0 Å². The van der Waals surface area contributed by atoms with Gasteiger partial charge in [-0.2, -0.15) is 0 Å². The first-order chi connectivity index (χ1) is 7.29.